The number of imide groups is 1. The van der Waals surface area contributed by atoms with Crippen LogP contribution in [0.1, 0.15) is 50.2 Å². The molecule has 40 heavy (non-hydrogen) atoms. The van der Waals surface area contributed by atoms with Gasteiger partial charge in [0.2, 0.25) is 11.8 Å². The summed E-state index contributed by atoms with van der Waals surface area (Å²) in [4.78, 5) is 52.3. The van der Waals surface area contributed by atoms with Crippen molar-refractivity contribution in [1.29, 1.82) is 0 Å². The summed E-state index contributed by atoms with van der Waals surface area (Å²) in [5.41, 5.74) is 3.08. The van der Waals surface area contributed by atoms with Crippen LogP contribution in [0.2, 0.25) is 0 Å². The minimum absolute atomic E-state index is 0.0475. The largest absolute Gasteiger partial charge is 0.352 e. The van der Waals surface area contributed by atoms with Gasteiger partial charge in [-0.05, 0) is 66.9 Å². The molecule has 0 radical (unpaired) electrons. The molecule has 208 valence electrons. The summed E-state index contributed by atoms with van der Waals surface area (Å²) in [5.74, 6) is -1.62. The number of nitrogens with zero attached hydrogens (tertiary/aromatic N) is 2. The van der Waals surface area contributed by atoms with Crippen LogP contribution in [-0.4, -0.2) is 45.0 Å². The molecule has 3 aromatic rings. The van der Waals surface area contributed by atoms with Crippen molar-refractivity contribution in [3.63, 3.8) is 0 Å². The van der Waals surface area contributed by atoms with Gasteiger partial charge in [0.15, 0.2) is 0 Å². The van der Waals surface area contributed by atoms with Gasteiger partial charge in [0.05, 0.1) is 10.4 Å². The lowest BCUT2D eigenvalue weighted by molar-refractivity contribution is -0.127. The highest BCUT2D eigenvalue weighted by molar-refractivity contribution is 8.18. The van der Waals surface area contributed by atoms with Crippen molar-refractivity contribution < 1.29 is 23.6 Å². The molecular formula is C30H31FN4O4S. The van der Waals surface area contributed by atoms with Crippen molar-refractivity contribution in [2.45, 2.75) is 58.0 Å². The molecule has 0 unspecified atom stereocenters. The quantitative estimate of drug-likeness (QED) is 0.355. The Balaban J connectivity index is 1.35. The molecule has 2 N–H and O–H groups in total. The highest BCUT2D eigenvalue weighted by Crippen LogP contribution is 2.35. The van der Waals surface area contributed by atoms with Crippen LogP contribution in [-0.2, 0) is 27.3 Å². The molecule has 1 saturated carbocycles. The zero-order chi connectivity index (χ0) is 28.2. The molecule has 2 fully saturated rings. The van der Waals surface area contributed by atoms with Gasteiger partial charge in [0.1, 0.15) is 18.9 Å². The summed E-state index contributed by atoms with van der Waals surface area (Å²) in [5, 5.41) is 6.07. The summed E-state index contributed by atoms with van der Waals surface area (Å²) in [6.45, 7) is 1.75. The molecule has 10 heteroatoms. The predicted molar refractivity (Wildman–Crippen MR) is 154 cm³/mol. The van der Waals surface area contributed by atoms with Gasteiger partial charge in [0, 0.05) is 28.9 Å². The second-order valence-corrected chi connectivity index (χ2v) is 11.1. The third-order valence-electron chi connectivity index (χ3n) is 7.27. The van der Waals surface area contributed by atoms with E-state index in [4.69, 9.17) is 0 Å². The minimum Gasteiger partial charge on any atom is -0.352 e. The van der Waals surface area contributed by atoms with Crippen LogP contribution >= 0.6 is 11.8 Å². The first kappa shape index (κ1) is 27.6. The maximum atomic E-state index is 13.1. The van der Waals surface area contributed by atoms with E-state index in [1.807, 2.05) is 29.0 Å². The van der Waals surface area contributed by atoms with E-state index in [0.717, 1.165) is 70.8 Å². The fourth-order valence-electron chi connectivity index (χ4n) is 5.32. The lowest BCUT2D eigenvalue weighted by atomic mass is 9.95. The number of hydrogen-bond acceptors (Lipinski definition) is 5. The SMILES string of the molecule is CCc1cccc2c(/C=C3\SC(=O)N(CC(=O)Nc4ccc(F)cc4)C3=O)cn(CC(=O)NC3CCCCC3)c12. The molecule has 0 spiro atoms. The maximum absolute atomic E-state index is 13.1. The number of nitrogens with one attached hydrogen (secondary N) is 2. The molecule has 1 saturated heterocycles. The van der Waals surface area contributed by atoms with Crippen molar-refractivity contribution in [3.8, 4) is 0 Å². The summed E-state index contributed by atoms with van der Waals surface area (Å²) in [7, 11) is 0. The average molecular weight is 563 g/mol. The third kappa shape index (κ3) is 6.12. The van der Waals surface area contributed by atoms with E-state index in [0.29, 0.717) is 5.69 Å². The molecule has 2 aromatic carbocycles. The van der Waals surface area contributed by atoms with E-state index in [9.17, 15) is 23.6 Å². The molecule has 2 aliphatic rings. The van der Waals surface area contributed by atoms with Crippen LogP contribution in [0.15, 0.2) is 53.6 Å². The first-order chi connectivity index (χ1) is 19.3. The third-order valence-corrected chi connectivity index (χ3v) is 8.18. The average Bonchev–Trinajstić information content (AvgIpc) is 3.42. The van der Waals surface area contributed by atoms with Crippen molar-refractivity contribution in [2.24, 2.45) is 0 Å². The van der Waals surface area contributed by atoms with Crippen molar-refractivity contribution in [3.05, 3.63) is 70.5 Å². The lowest BCUT2D eigenvalue weighted by Gasteiger charge is -2.23. The lowest BCUT2D eigenvalue weighted by Crippen LogP contribution is -2.38. The second-order valence-electron chi connectivity index (χ2n) is 10.1. The summed E-state index contributed by atoms with van der Waals surface area (Å²) in [6, 6.07) is 11.3. The van der Waals surface area contributed by atoms with Crippen LogP contribution in [0.4, 0.5) is 14.9 Å². The number of thioether (sulfide) groups is 1. The first-order valence-electron chi connectivity index (χ1n) is 13.5. The summed E-state index contributed by atoms with van der Waals surface area (Å²) in [6.07, 6.45) is 9.74. The number of carbonyl (C=O) groups excluding carboxylic acids is 4. The normalized spacial score (nSPS) is 17.1. The zero-order valence-electron chi connectivity index (χ0n) is 22.2. The second kappa shape index (κ2) is 12.1. The Hall–Kier alpha value is -3.92. The van der Waals surface area contributed by atoms with Crippen molar-refractivity contribution in [2.75, 3.05) is 11.9 Å². The van der Waals surface area contributed by atoms with Crippen LogP contribution in [0.3, 0.4) is 0 Å². The van der Waals surface area contributed by atoms with E-state index < -0.39 is 29.4 Å². The van der Waals surface area contributed by atoms with E-state index in [2.05, 4.69) is 17.6 Å². The Kier molecular flexibility index (Phi) is 8.35. The number of aryl methyl sites for hydroxylation is 1. The monoisotopic (exact) mass is 562 g/mol. The molecule has 8 nitrogen and oxygen atoms in total. The van der Waals surface area contributed by atoms with E-state index >= 15 is 0 Å². The molecule has 1 aliphatic heterocycles. The summed E-state index contributed by atoms with van der Waals surface area (Å²) >= 11 is 0.772. The summed E-state index contributed by atoms with van der Waals surface area (Å²) < 4.78 is 15.0. The highest BCUT2D eigenvalue weighted by Gasteiger charge is 2.36. The van der Waals surface area contributed by atoms with Crippen molar-refractivity contribution >= 4 is 57.4 Å². The van der Waals surface area contributed by atoms with Crippen LogP contribution < -0.4 is 10.6 Å². The van der Waals surface area contributed by atoms with E-state index in [1.165, 1.54) is 30.7 Å². The molecule has 0 bridgehead atoms. The van der Waals surface area contributed by atoms with Crippen LogP contribution in [0.25, 0.3) is 17.0 Å². The molecule has 1 aliphatic carbocycles. The van der Waals surface area contributed by atoms with Gasteiger partial charge in [-0.3, -0.25) is 24.1 Å². The minimum atomic E-state index is -0.566. The molecule has 5 rings (SSSR count). The molecule has 0 atom stereocenters. The van der Waals surface area contributed by atoms with Gasteiger partial charge in [-0.15, -0.1) is 0 Å². The van der Waals surface area contributed by atoms with Gasteiger partial charge >= 0.3 is 0 Å². The number of hydrogen-bond donors (Lipinski definition) is 2. The number of aromatic nitrogens is 1. The number of fused-ring (bicyclic) bond motifs is 1. The number of rotatable bonds is 8. The maximum Gasteiger partial charge on any atom is 0.294 e. The Labute approximate surface area is 236 Å². The Morgan fingerprint density at radius 3 is 2.50 bits per heavy atom. The first-order valence-corrected chi connectivity index (χ1v) is 14.3. The fraction of sp³-hybridized carbons (Fsp3) is 0.333. The van der Waals surface area contributed by atoms with E-state index in [1.54, 1.807) is 6.08 Å². The molecule has 4 amide bonds. The van der Waals surface area contributed by atoms with Gasteiger partial charge in [0.25, 0.3) is 11.1 Å². The number of carbonyl (C=O) groups is 4. The van der Waals surface area contributed by atoms with Gasteiger partial charge < -0.3 is 15.2 Å². The molecule has 2 heterocycles. The molecule has 1 aromatic heterocycles. The van der Waals surface area contributed by atoms with Crippen LogP contribution in [0.5, 0.6) is 0 Å². The zero-order valence-corrected chi connectivity index (χ0v) is 23.1. The molecular weight excluding hydrogens is 531 g/mol. The Morgan fingerprint density at radius 1 is 1.02 bits per heavy atom. The fourth-order valence-corrected chi connectivity index (χ4v) is 6.15. The Bertz CT molecular complexity index is 1490. The smallest absolute Gasteiger partial charge is 0.294 e. The van der Waals surface area contributed by atoms with Gasteiger partial charge in [-0.1, -0.05) is 44.4 Å². The number of anilines is 1. The number of para-hydroxylation sites is 1. The Morgan fingerprint density at radius 2 is 1.77 bits per heavy atom. The topological polar surface area (TPSA) is 101 Å². The number of amides is 4. The van der Waals surface area contributed by atoms with Crippen LogP contribution in [0, 0.1) is 5.82 Å². The van der Waals surface area contributed by atoms with Gasteiger partial charge in [-0.25, -0.2) is 4.39 Å². The number of halogens is 1. The van der Waals surface area contributed by atoms with Crippen molar-refractivity contribution in [1.82, 2.24) is 14.8 Å². The van der Waals surface area contributed by atoms with E-state index in [-0.39, 0.29) is 23.4 Å². The standard InChI is InChI=1S/C30H31FN4O4S/c1-2-19-7-6-10-24-20(16-34(28(19)24)17-26(36)32-22-8-4-3-5-9-22)15-25-29(38)35(30(39)40-25)18-27(37)33-23-13-11-21(31)12-14-23/h6-7,10-16,22H,2-5,8-9,17-18H2,1H3,(H,32,36)(H,33,37)/b25-15-. The highest BCUT2D eigenvalue weighted by atomic mass is 32.2. The number of benzene rings is 2. The predicted octanol–water partition coefficient (Wildman–Crippen LogP) is 5.47. The van der Waals surface area contributed by atoms with Gasteiger partial charge in [-0.2, -0.15) is 0 Å².